The molecule has 1 N–H and O–H groups in total. The van der Waals surface area contributed by atoms with Gasteiger partial charge in [0.15, 0.2) is 5.16 Å². The molecule has 0 aliphatic heterocycles. The van der Waals surface area contributed by atoms with Gasteiger partial charge in [-0.05, 0) is 65.2 Å². The summed E-state index contributed by atoms with van der Waals surface area (Å²) >= 11 is 1.54. The van der Waals surface area contributed by atoms with Crippen molar-refractivity contribution in [2.75, 3.05) is 25.4 Å². The number of amides is 1. The monoisotopic (exact) mass is 486 g/mol. The van der Waals surface area contributed by atoms with Crippen LogP contribution in [-0.4, -0.2) is 51.8 Å². The Morgan fingerprint density at radius 3 is 2.47 bits per heavy atom. The number of hydrogen-bond donors (Lipinski definition) is 1. The lowest BCUT2D eigenvalue weighted by atomic mass is 10.0. The molecule has 0 fully saturated rings. The highest BCUT2D eigenvalue weighted by Gasteiger charge is 2.14. The van der Waals surface area contributed by atoms with Crippen LogP contribution in [0, 0.1) is 13.8 Å². The molecule has 2 rings (SSSR count). The first-order chi connectivity index (χ1) is 16.2. The molecule has 1 amide bonds. The Morgan fingerprint density at radius 1 is 1.15 bits per heavy atom. The predicted octanol–water partition coefficient (Wildman–Crippen LogP) is 4.49. The molecule has 2 aromatic rings. The van der Waals surface area contributed by atoms with Crippen molar-refractivity contribution >= 4 is 17.7 Å². The second-order valence-electron chi connectivity index (χ2n) is 9.07. The van der Waals surface area contributed by atoms with E-state index in [1.807, 2.05) is 6.92 Å². The summed E-state index contributed by atoms with van der Waals surface area (Å²) in [5, 5.41) is 3.82. The van der Waals surface area contributed by atoms with E-state index in [0.717, 1.165) is 61.5 Å². The van der Waals surface area contributed by atoms with Crippen LogP contribution in [0.4, 0.5) is 0 Å². The van der Waals surface area contributed by atoms with E-state index < -0.39 is 0 Å². The lowest BCUT2D eigenvalue weighted by molar-refractivity contribution is -0.121. The van der Waals surface area contributed by atoms with E-state index in [1.54, 1.807) is 23.4 Å². The zero-order chi connectivity index (χ0) is 25.1. The number of nitrogens with zero attached hydrogens (tertiary/aromatic N) is 3. The molecule has 6 nitrogen and oxygen atoms in total. The summed E-state index contributed by atoms with van der Waals surface area (Å²) in [7, 11) is 1.78. The highest BCUT2D eigenvalue weighted by Crippen LogP contribution is 2.18. The summed E-state index contributed by atoms with van der Waals surface area (Å²) in [6, 6.07) is 8.45. The predicted molar refractivity (Wildman–Crippen MR) is 143 cm³/mol. The third kappa shape index (κ3) is 8.91. The largest absolute Gasteiger partial charge is 0.354 e. The summed E-state index contributed by atoms with van der Waals surface area (Å²) in [4.78, 5) is 32.3. The van der Waals surface area contributed by atoms with E-state index in [4.69, 9.17) is 4.98 Å². The Kier molecular flexibility index (Phi) is 11.8. The Balaban J connectivity index is 1.79. The maximum absolute atomic E-state index is 13.0. The summed E-state index contributed by atoms with van der Waals surface area (Å²) in [5.41, 5.74) is 3.84. The Bertz CT molecular complexity index is 968. The zero-order valence-electron chi connectivity index (χ0n) is 21.8. The number of carbonyl (C=O) groups excluding carboxylic acids is 1. The second kappa shape index (κ2) is 14.3. The summed E-state index contributed by atoms with van der Waals surface area (Å²) in [6.45, 7) is 13.6. The second-order valence-corrected chi connectivity index (χ2v) is 10.1. The molecule has 188 valence electrons. The van der Waals surface area contributed by atoms with Crippen LogP contribution in [0.5, 0.6) is 0 Å². The van der Waals surface area contributed by atoms with Gasteiger partial charge in [0, 0.05) is 42.9 Å². The maximum atomic E-state index is 13.0. The highest BCUT2D eigenvalue weighted by molar-refractivity contribution is 7.99. The topological polar surface area (TPSA) is 67.2 Å². The fraction of sp³-hybridized carbons (Fsp3) is 0.593. The van der Waals surface area contributed by atoms with Gasteiger partial charge in [0.2, 0.25) is 5.91 Å². The first-order valence-electron chi connectivity index (χ1n) is 12.5. The number of hydrogen-bond acceptors (Lipinski definition) is 5. The van der Waals surface area contributed by atoms with Gasteiger partial charge in [-0.15, -0.1) is 0 Å². The summed E-state index contributed by atoms with van der Waals surface area (Å²) in [5.74, 6) is 0.850. The van der Waals surface area contributed by atoms with Gasteiger partial charge in [-0.2, -0.15) is 0 Å². The first kappa shape index (κ1) is 28.1. The average Bonchev–Trinajstić information content (AvgIpc) is 2.81. The number of carbonyl (C=O) groups is 1. The molecule has 0 saturated heterocycles. The standard InChI is InChI=1S/C27H42N4O2S/c1-7-31(8-2)17-9-11-21(4)28-25(32)12-10-18-34-27-29-22(5)24(26(33)30(27)6)19-23-15-13-20(3)14-16-23/h13-16,21H,7-12,17-19H2,1-6H3,(H,28,32). The smallest absolute Gasteiger partial charge is 0.257 e. The average molecular weight is 487 g/mol. The quantitative estimate of drug-likeness (QED) is 0.242. The molecule has 7 heteroatoms. The SMILES string of the molecule is CCN(CC)CCCC(C)NC(=O)CCCSc1nc(C)c(Cc2ccc(C)cc2)c(=O)n1C. The normalized spacial score (nSPS) is 12.2. The van der Waals surface area contributed by atoms with Crippen LogP contribution in [0.25, 0.3) is 0 Å². The minimum absolute atomic E-state index is 0.00635. The Labute approximate surface area is 209 Å². The van der Waals surface area contributed by atoms with Gasteiger partial charge in [-0.1, -0.05) is 55.4 Å². The lowest BCUT2D eigenvalue weighted by Gasteiger charge is -2.19. The fourth-order valence-corrected chi connectivity index (χ4v) is 4.90. The van der Waals surface area contributed by atoms with Crippen LogP contribution in [0.1, 0.15) is 68.8 Å². The molecule has 0 bridgehead atoms. The molecular formula is C27H42N4O2S. The number of rotatable bonds is 14. The van der Waals surface area contributed by atoms with Crippen molar-refractivity contribution in [3.8, 4) is 0 Å². The Hall–Kier alpha value is -2.12. The van der Waals surface area contributed by atoms with Crippen LogP contribution in [0.2, 0.25) is 0 Å². The molecule has 1 aromatic carbocycles. The third-order valence-corrected chi connectivity index (χ3v) is 7.36. The van der Waals surface area contributed by atoms with Crippen LogP contribution in [0.15, 0.2) is 34.2 Å². The van der Waals surface area contributed by atoms with Gasteiger partial charge < -0.3 is 10.2 Å². The van der Waals surface area contributed by atoms with Crippen LogP contribution in [-0.2, 0) is 18.3 Å². The molecular weight excluding hydrogens is 444 g/mol. The minimum Gasteiger partial charge on any atom is -0.354 e. The van der Waals surface area contributed by atoms with E-state index in [0.29, 0.717) is 18.0 Å². The first-order valence-corrected chi connectivity index (χ1v) is 13.5. The summed E-state index contributed by atoms with van der Waals surface area (Å²) in [6.07, 6.45) is 3.92. The van der Waals surface area contributed by atoms with Gasteiger partial charge >= 0.3 is 0 Å². The molecule has 1 atom stereocenters. The van der Waals surface area contributed by atoms with Gasteiger partial charge in [0.25, 0.3) is 5.56 Å². The summed E-state index contributed by atoms with van der Waals surface area (Å²) < 4.78 is 1.64. The Morgan fingerprint density at radius 2 is 1.82 bits per heavy atom. The van der Waals surface area contributed by atoms with Crippen molar-refractivity contribution in [2.45, 2.75) is 77.9 Å². The molecule has 0 radical (unpaired) electrons. The van der Waals surface area contributed by atoms with Crippen LogP contribution < -0.4 is 10.9 Å². The van der Waals surface area contributed by atoms with Crippen LogP contribution >= 0.6 is 11.8 Å². The van der Waals surface area contributed by atoms with Crippen molar-refractivity contribution < 1.29 is 4.79 Å². The maximum Gasteiger partial charge on any atom is 0.257 e. The number of benzene rings is 1. The molecule has 1 unspecified atom stereocenters. The van der Waals surface area contributed by atoms with Crippen molar-refractivity contribution in [1.82, 2.24) is 19.8 Å². The van der Waals surface area contributed by atoms with Gasteiger partial charge in [0.05, 0.1) is 0 Å². The van der Waals surface area contributed by atoms with E-state index in [-0.39, 0.29) is 17.5 Å². The van der Waals surface area contributed by atoms with Gasteiger partial charge in [-0.3, -0.25) is 14.2 Å². The van der Waals surface area contributed by atoms with Crippen molar-refractivity contribution in [3.05, 3.63) is 57.0 Å². The molecule has 0 spiro atoms. The van der Waals surface area contributed by atoms with Crippen LogP contribution in [0.3, 0.4) is 0 Å². The van der Waals surface area contributed by atoms with Crippen molar-refractivity contribution in [3.63, 3.8) is 0 Å². The molecule has 0 aliphatic rings. The van der Waals surface area contributed by atoms with E-state index in [2.05, 4.69) is 62.2 Å². The number of aryl methyl sites for hydroxylation is 2. The van der Waals surface area contributed by atoms with Crippen molar-refractivity contribution in [2.24, 2.45) is 7.05 Å². The molecule has 0 saturated carbocycles. The number of aromatic nitrogens is 2. The molecule has 1 heterocycles. The lowest BCUT2D eigenvalue weighted by Crippen LogP contribution is -2.33. The van der Waals surface area contributed by atoms with E-state index >= 15 is 0 Å². The number of thioether (sulfide) groups is 1. The number of nitrogens with one attached hydrogen (secondary N) is 1. The van der Waals surface area contributed by atoms with E-state index in [9.17, 15) is 9.59 Å². The zero-order valence-corrected chi connectivity index (χ0v) is 22.6. The molecule has 1 aromatic heterocycles. The third-order valence-electron chi connectivity index (χ3n) is 6.24. The van der Waals surface area contributed by atoms with Crippen molar-refractivity contribution in [1.29, 1.82) is 0 Å². The minimum atomic E-state index is 0.00635. The molecule has 0 aliphatic carbocycles. The van der Waals surface area contributed by atoms with Gasteiger partial charge in [-0.25, -0.2) is 4.98 Å². The highest BCUT2D eigenvalue weighted by atomic mass is 32.2. The van der Waals surface area contributed by atoms with E-state index in [1.165, 1.54) is 5.56 Å². The van der Waals surface area contributed by atoms with Gasteiger partial charge in [0.1, 0.15) is 0 Å². The fourth-order valence-electron chi connectivity index (χ4n) is 3.95. The molecule has 34 heavy (non-hydrogen) atoms.